The van der Waals surface area contributed by atoms with Gasteiger partial charge < -0.3 is 4.74 Å². The van der Waals surface area contributed by atoms with Gasteiger partial charge in [-0.15, -0.1) is 0 Å². The molecular formula is C9H15NO. The summed E-state index contributed by atoms with van der Waals surface area (Å²) < 4.78 is 5.33. The quantitative estimate of drug-likeness (QED) is 0.481. The summed E-state index contributed by atoms with van der Waals surface area (Å²) in [6.45, 7) is 2.21. The van der Waals surface area contributed by atoms with E-state index in [-0.39, 0.29) is 5.72 Å². The molecule has 1 aliphatic carbocycles. The monoisotopic (exact) mass is 153 g/mol. The van der Waals surface area contributed by atoms with Crippen molar-refractivity contribution in [3.63, 3.8) is 0 Å². The van der Waals surface area contributed by atoms with Crippen LogP contribution in [0.3, 0.4) is 0 Å². The molecule has 0 radical (unpaired) electrons. The Kier molecular flexibility index (Phi) is 1.55. The number of allylic oxidation sites excluding steroid dienone is 1. The molecule has 2 nitrogen and oxygen atoms in total. The van der Waals surface area contributed by atoms with E-state index in [0.717, 1.165) is 6.42 Å². The van der Waals surface area contributed by atoms with Crippen LogP contribution in [0, 0.1) is 5.92 Å². The average molecular weight is 153 g/mol. The molecule has 1 saturated heterocycles. The fraction of sp³-hybridized carbons (Fsp3) is 0.778. The van der Waals surface area contributed by atoms with E-state index in [4.69, 9.17) is 10.5 Å². The topological polar surface area (TPSA) is 38.5 Å². The second-order valence-electron chi connectivity index (χ2n) is 3.60. The van der Waals surface area contributed by atoms with E-state index in [1.807, 2.05) is 6.08 Å². The smallest absolute Gasteiger partial charge is 0.162 e. The first-order valence-corrected chi connectivity index (χ1v) is 4.40. The van der Waals surface area contributed by atoms with Gasteiger partial charge in [-0.25, -0.2) is 0 Å². The molecule has 0 bridgehead atoms. The highest BCUT2D eigenvalue weighted by molar-refractivity contribution is 5.18. The van der Waals surface area contributed by atoms with E-state index in [2.05, 4.69) is 13.0 Å². The Balaban J connectivity index is 1.96. The van der Waals surface area contributed by atoms with Crippen molar-refractivity contribution in [1.29, 1.82) is 0 Å². The van der Waals surface area contributed by atoms with Crippen LogP contribution in [0.1, 0.15) is 26.2 Å². The number of rotatable bonds is 2. The summed E-state index contributed by atoms with van der Waals surface area (Å²) in [6.07, 6.45) is 8.21. The maximum absolute atomic E-state index is 5.80. The van der Waals surface area contributed by atoms with E-state index in [1.165, 1.54) is 12.8 Å². The zero-order chi connectivity index (χ0) is 7.90. The predicted molar refractivity (Wildman–Crippen MR) is 43.9 cm³/mol. The summed E-state index contributed by atoms with van der Waals surface area (Å²) in [4.78, 5) is 0. The van der Waals surface area contributed by atoms with E-state index in [0.29, 0.717) is 12.0 Å². The highest BCUT2D eigenvalue weighted by Gasteiger charge is 2.53. The van der Waals surface area contributed by atoms with Crippen molar-refractivity contribution in [1.82, 2.24) is 0 Å². The minimum Gasteiger partial charge on any atom is -0.346 e. The molecule has 0 aromatic rings. The third kappa shape index (κ3) is 1.21. The first-order chi connectivity index (χ1) is 5.24. The van der Waals surface area contributed by atoms with Crippen LogP contribution in [0.15, 0.2) is 12.2 Å². The zero-order valence-electron chi connectivity index (χ0n) is 6.92. The van der Waals surface area contributed by atoms with Crippen molar-refractivity contribution >= 4 is 0 Å². The van der Waals surface area contributed by atoms with E-state index in [9.17, 15) is 0 Å². The zero-order valence-corrected chi connectivity index (χ0v) is 6.92. The van der Waals surface area contributed by atoms with Gasteiger partial charge in [0.2, 0.25) is 0 Å². The molecule has 0 aromatic carbocycles. The lowest BCUT2D eigenvalue weighted by molar-refractivity contribution is 0.328. The molecule has 1 fully saturated rings. The summed E-state index contributed by atoms with van der Waals surface area (Å²) in [5.74, 6) is 0.712. The fourth-order valence-electron chi connectivity index (χ4n) is 1.82. The molecule has 3 atom stereocenters. The lowest BCUT2D eigenvalue weighted by atomic mass is 9.90. The SMILES string of the molecule is CCC[C@H]1C=C[C@@]2(N)OC2C1. The number of fused-ring (bicyclic) bond motifs is 1. The summed E-state index contributed by atoms with van der Waals surface area (Å²) in [6, 6.07) is 0. The number of hydrogen-bond acceptors (Lipinski definition) is 2. The van der Waals surface area contributed by atoms with Gasteiger partial charge in [-0.05, 0) is 24.8 Å². The number of ether oxygens (including phenoxy) is 1. The van der Waals surface area contributed by atoms with E-state index >= 15 is 0 Å². The van der Waals surface area contributed by atoms with Crippen molar-refractivity contribution in [2.24, 2.45) is 11.7 Å². The molecule has 1 unspecified atom stereocenters. The Hall–Kier alpha value is -0.340. The number of hydrogen-bond donors (Lipinski definition) is 1. The Morgan fingerprint density at radius 1 is 1.73 bits per heavy atom. The molecule has 0 aromatic heterocycles. The summed E-state index contributed by atoms with van der Waals surface area (Å²) in [5, 5.41) is 0. The van der Waals surface area contributed by atoms with Gasteiger partial charge in [-0.2, -0.15) is 0 Å². The van der Waals surface area contributed by atoms with Gasteiger partial charge in [0.1, 0.15) is 6.10 Å². The molecule has 0 spiro atoms. The van der Waals surface area contributed by atoms with Gasteiger partial charge in [-0.1, -0.05) is 19.4 Å². The second-order valence-corrected chi connectivity index (χ2v) is 3.60. The lowest BCUT2D eigenvalue weighted by Crippen LogP contribution is -2.28. The molecule has 1 aliphatic heterocycles. The normalized spacial score (nSPS) is 47.1. The summed E-state index contributed by atoms with van der Waals surface area (Å²) in [7, 11) is 0. The first kappa shape index (κ1) is 7.32. The lowest BCUT2D eigenvalue weighted by Gasteiger charge is -2.14. The molecule has 0 amide bonds. The van der Waals surface area contributed by atoms with Crippen LogP contribution >= 0.6 is 0 Å². The van der Waals surface area contributed by atoms with Crippen LogP contribution in [-0.4, -0.2) is 11.8 Å². The molecule has 11 heavy (non-hydrogen) atoms. The summed E-state index contributed by atoms with van der Waals surface area (Å²) >= 11 is 0. The van der Waals surface area contributed by atoms with Crippen LogP contribution in [0.25, 0.3) is 0 Å². The highest BCUT2D eigenvalue weighted by atomic mass is 16.6. The molecule has 2 N–H and O–H groups in total. The molecule has 2 aliphatic rings. The van der Waals surface area contributed by atoms with Crippen LogP contribution in [0.5, 0.6) is 0 Å². The fourth-order valence-corrected chi connectivity index (χ4v) is 1.82. The minimum atomic E-state index is -0.357. The van der Waals surface area contributed by atoms with Gasteiger partial charge in [0, 0.05) is 0 Å². The Bertz CT molecular complexity index is 190. The van der Waals surface area contributed by atoms with Crippen molar-refractivity contribution in [2.45, 2.75) is 38.0 Å². The van der Waals surface area contributed by atoms with Gasteiger partial charge in [0.25, 0.3) is 0 Å². The Morgan fingerprint density at radius 2 is 2.55 bits per heavy atom. The molecule has 2 rings (SSSR count). The van der Waals surface area contributed by atoms with Gasteiger partial charge in [0.05, 0.1) is 0 Å². The van der Waals surface area contributed by atoms with Crippen LogP contribution in [-0.2, 0) is 4.74 Å². The number of nitrogens with two attached hydrogens (primary N) is 1. The van der Waals surface area contributed by atoms with E-state index < -0.39 is 0 Å². The minimum absolute atomic E-state index is 0.323. The van der Waals surface area contributed by atoms with Crippen molar-refractivity contribution in [3.05, 3.63) is 12.2 Å². The van der Waals surface area contributed by atoms with Crippen LogP contribution < -0.4 is 5.73 Å². The number of epoxide rings is 1. The summed E-state index contributed by atoms with van der Waals surface area (Å²) in [5.41, 5.74) is 5.44. The Labute approximate surface area is 67.4 Å². The molecule has 1 heterocycles. The van der Waals surface area contributed by atoms with Gasteiger partial charge >= 0.3 is 0 Å². The van der Waals surface area contributed by atoms with Crippen molar-refractivity contribution < 1.29 is 4.74 Å². The molecule has 0 saturated carbocycles. The van der Waals surface area contributed by atoms with Crippen LogP contribution in [0.2, 0.25) is 0 Å². The first-order valence-electron chi connectivity index (χ1n) is 4.40. The average Bonchev–Trinajstić information content (AvgIpc) is 2.61. The van der Waals surface area contributed by atoms with Crippen molar-refractivity contribution in [2.75, 3.05) is 0 Å². The molecule has 62 valence electrons. The van der Waals surface area contributed by atoms with Gasteiger partial charge in [-0.3, -0.25) is 5.73 Å². The van der Waals surface area contributed by atoms with Gasteiger partial charge in [0.15, 0.2) is 5.72 Å². The third-order valence-corrected chi connectivity index (χ3v) is 2.60. The standard InChI is InChI=1S/C9H15NO/c1-2-3-7-4-5-9(10)8(6-7)11-9/h4-5,7-8H,2-3,6,10H2,1H3/t7-,8?,9+/m0/s1. The van der Waals surface area contributed by atoms with Crippen LogP contribution in [0.4, 0.5) is 0 Å². The molecular weight excluding hydrogens is 138 g/mol. The van der Waals surface area contributed by atoms with E-state index in [1.54, 1.807) is 0 Å². The molecule has 2 heteroatoms. The maximum Gasteiger partial charge on any atom is 0.162 e. The maximum atomic E-state index is 5.80. The third-order valence-electron chi connectivity index (χ3n) is 2.60. The largest absolute Gasteiger partial charge is 0.346 e. The predicted octanol–water partition coefficient (Wildman–Crippen LogP) is 1.42. The van der Waals surface area contributed by atoms with Crippen molar-refractivity contribution in [3.8, 4) is 0 Å². The Morgan fingerprint density at radius 3 is 3.18 bits per heavy atom. The highest BCUT2D eigenvalue weighted by Crippen LogP contribution is 2.42. The second kappa shape index (κ2) is 2.32.